The van der Waals surface area contributed by atoms with E-state index in [1.807, 2.05) is 0 Å². The van der Waals surface area contributed by atoms with Gasteiger partial charge in [0.25, 0.3) is 0 Å². The number of nitrogens with one attached hydrogen (secondary N) is 2. The van der Waals surface area contributed by atoms with Gasteiger partial charge in [-0.15, -0.1) is 6.42 Å². The largest absolute Gasteiger partial charge is 0.465 e. The lowest BCUT2D eigenvalue weighted by Gasteiger charge is -2.36. The molecule has 0 bridgehead atoms. The second kappa shape index (κ2) is 13.1. The van der Waals surface area contributed by atoms with Crippen LogP contribution in [0.15, 0.2) is 24.3 Å². The molecule has 1 aliphatic rings. The molecule has 9 N–H and O–H groups in total. The number of terminal acetylenes is 1. The van der Waals surface area contributed by atoms with Crippen molar-refractivity contribution in [3.63, 3.8) is 0 Å². The van der Waals surface area contributed by atoms with Gasteiger partial charge >= 0.3 is 12.2 Å². The van der Waals surface area contributed by atoms with Crippen LogP contribution in [0.25, 0.3) is 0 Å². The molecule has 13 nitrogen and oxygen atoms in total. The Bertz CT molecular complexity index is 1050. The van der Waals surface area contributed by atoms with Crippen LogP contribution in [0.4, 0.5) is 9.59 Å². The molecule has 1 aliphatic heterocycles. The average Bonchev–Trinajstić information content (AvgIpc) is 3.17. The fraction of sp³-hybridized carbons (Fsp3) is 0.458. The van der Waals surface area contributed by atoms with Crippen molar-refractivity contribution >= 4 is 29.9 Å². The van der Waals surface area contributed by atoms with Crippen molar-refractivity contribution in [2.75, 3.05) is 6.54 Å². The number of primary amides is 2. The van der Waals surface area contributed by atoms with Crippen molar-refractivity contribution in [3.8, 4) is 12.3 Å². The minimum absolute atomic E-state index is 0.00361. The van der Waals surface area contributed by atoms with E-state index in [-0.39, 0.29) is 19.4 Å². The topological polar surface area (TPSA) is 225 Å². The van der Waals surface area contributed by atoms with E-state index in [0.29, 0.717) is 5.56 Å². The van der Waals surface area contributed by atoms with Gasteiger partial charge in [0.15, 0.2) is 0 Å². The van der Waals surface area contributed by atoms with Crippen molar-refractivity contribution in [3.05, 3.63) is 35.4 Å². The van der Waals surface area contributed by atoms with Crippen LogP contribution in [-0.2, 0) is 14.4 Å². The Morgan fingerprint density at radius 1 is 1.14 bits per heavy atom. The van der Waals surface area contributed by atoms with Crippen LogP contribution in [0.2, 0.25) is 0 Å². The summed E-state index contributed by atoms with van der Waals surface area (Å²) in [5, 5.41) is 31.6. The van der Waals surface area contributed by atoms with E-state index in [1.54, 1.807) is 31.2 Å². The number of carbonyl (C=O) groups excluding carboxylic acids is 3. The second-order valence-electron chi connectivity index (χ2n) is 9.24. The van der Waals surface area contributed by atoms with Gasteiger partial charge in [0, 0.05) is 30.4 Å². The maximum Gasteiger partial charge on any atom is 0.405 e. The van der Waals surface area contributed by atoms with Gasteiger partial charge in [-0.2, -0.15) is 0 Å². The highest BCUT2D eigenvalue weighted by Gasteiger charge is 2.46. The Morgan fingerprint density at radius 3 is 2.14 bits per heavy atom. The van der Waals surface area contributed by atoms with E-state index < -0.39 is 59.6 Å². The maximum absolute atomic E-state index is 13.3. The van der Waals surface area contributed by atoms with Gasteiger partial charge < -0.3 is 42.3 Å². The minimum atomic E-state index is -1.46. The Morgan fingerprint density at radius 2 is 1.68 bits per heavy atom. The first-order valence-corrected chi connectivity index (χ1v) is 11.2. The van der Waals surface area contributed by atoms with Gasteiger partial charge in [0.05, 0.1) is 12.1 Å². The summed E-state index contributed by atoms with van der Waals surface area (Å²) in [6.45, 7) is 4.68. The zero-order valence-corrected chi connectivity index (χ0v) is 20.8. The molecule has 0 saturated carbocycles. The number of carbonyl (C=O) groups is 5. The van der Waals surface area contributed by atoms with Gasteiger partial charge in [0.2, 0.25) is 17.7 Å². The highest BCUT2D eigenvalue weighted by molar-refractivity contribution is 5.93. The summed E-state index contributed by atoms with van der Waals surface area (Å²) < 4.78 is 0. The number of amides is 5. The molecule has 4 atom stereocenters. The number of nitrogens with two attached hydrogens (primary N) is 2. The molecular formula is C24H33N5O8. The lowest BCUT2D eigenvalue weighted by atomic mass is 9.80. The predicted molar refractivity (Wildman–Crippen MR) is 132 cm³/mol. The fourth-order valence-corrected chi connectivity index (χ4v) is 4.00. The summed E-state index contributed by atoms with van der Waals surface area (Å²) in [6.07, 6.45) is 1.34. The quantitative estimate of drug-likeness (QED) is 0.230. The lowest BCUT2D eigenvalue weighted by Crippen LogP contribution is -2.58. The van der Waals surface area contributed by atoms with Crippen LogP contribution in [-0.4, -0.2) is 74.9 Å². The standard InChI is InChI=1S/C23H30N4O6.CH3NO2/c1-5-14-6-8-15(9-7-14)13(2)25-20(30)17-10-16(28)12-27(17)21(31)19(26-22(32)33)23(3,4)11-18(24)29;2-1(3)4/h1,6-9,13,16-17,19,26,28H,10-12H2,2-4H3,(H2,24,29)(H,25,30)(H,32,33);2H2,(H,3,4)/t13-,16+,17-,19?;/m0./s1. The monoisotopic (exact) mass is 519 g/mol. The third-order valence-electron chi connectivity index (χ3n) is 5.73. The zero-order valence-electron chi connectivity index (χ0n) is 20.8. The molecule has 37 heavy (non-hydrogen) atoms. The number of carboxylic acid groups (broad SMARTS) is 2. The van der Waals surface area contributed by atoms with E-state index in [0.717, 1.165) is 10.5 Å². The van der Waals surface area contributed by atoms with Gasteiger partial charge in [-0.25, -0.2) is 9.59 Å². The van der Waals surface area contributed by atoms with Gasteiger partial charge in [0.1, 0.15) is 12.1 Å². The average molecular weight is 520 g/mol. The van der Waals surface area contributed by atoms with Crippen molar-refractivity contribution in [1.82, 2.24) is 15.5 Å². The van der Waals surface area contributed by atoms with Crippen molar-refractivity contribution in [1.29, 1.82) is 0 Å². The zero-order chi connectivity index (χ0) is 28.5. The molecule has 2 rings (SSSR count). The first kappa shape index (κ1) is 30.7. The molecule has 1 fully saturated rings. The van der Waals surface area contributed by atoms with E-state index in [2.05, 4.69) is 22.3 Å². The Hall–Kier alpha value is -4.31. The number of aliphatic hydroxyl groups is 1. The summed E-state index contributed by atoms with van der Waals surface area (Å²) in [7, 11) is 0. The SMILES string of the molecule is C#Cc1ccc([C@H](C)NC(=O)[C@@H]2C[C@@H](O)CN2C(=O)C(NC(=O)O)C(C)(C)CC(N)=O)cc1.NC(=O)O. The molecule has 1 heterocycles. The van der Waals surface area contributed by atoms with E-state index >= 15 is 0 Å². The van der Waals surface area contributed by atoms with Crippen LogP contribution in [0.5, 0.6) is 0 Å². The Kier molecular flexibility index (Phi) is 10.9. The Labute approximate surface area is 214 Å². The molecule has 1 unspecified atom stereocenters. The molecule has 13 heteroatoms. The van der Waals surface area contributed by atoms with Crippen LogP contribution in [0.3, 0.4) is 0 Å². The number of benzene rings is 1. The molecule has 5 amide bonds. The second-order valence-corrected chi connectivity index (χ2v) is 9.24. The minimum Gasteiger partial charge on any atom is -0.465 e. The number of aliphatic hydroxyl groups excluding tert-OH is 1. The molecule has 0 aliphatic carbocycles. The first-order valence-electron chi connectivity index (χ1n) is 11.2. The van der Waals surface area contributed by atoms with Crippen LogP contribution in [0.1, 0.15) is 50.8 Å². The van der Waals surface area contributed by atoms with Crippen molar-refractivity contribution < 1.29 is 39.3 Å². The third kappa shape index (κ3) is 9.34. The summed E-state index contributed by atoms with van der Waals surface area (Å²) in [5.41, 5.74) is 9.63. The van der Waals surface area contributed by atoms with E-state index in [9.17, 15) is 29.4 Å². The first-order chi connectivity index (χ1) is 17.1. The van der Waals surface area contributed by atoms with E-state index in [4.69, 9.17) is 22.1 Å². The molecule has 202 valence electrons. The number of rotatable bonds is 8. The number of hydrogen-bond acceptors (Lipinski definition) is 6. The summed E-state index contributed by atoms with van der Waals surface area (Å²) in [5.74, 6) is 0.603. The predicted octanol–water partition coefficient (Wildman–Crippen LogP) is -0.0322. The normalized spacial score (nSPS) is 18.3. The number of β-amino-alcohol motifs (C(OH)–C–C–N with tert-alkyl or cyclic N) is 1. The molecule has 0 aromatic heterocycles. The molecule has 1 aromatic carbocycles. The van der Waals surface area contributed by atoms with Crippen LogP contribution >= 0.6 is 0 Å². The highest BCUT2D eigenvalue weighted by Crippen LogP contribution is 2.29. The molecule has 0 radical (unpaired) electrons. The summed E-state index contributed by atoms with van der Waals surface area (Å²) in [4.78, 5) is 59.1. The number of likely N-dealkylation sites (tertiary alicyclic amines) is 1. The molecule has 1 aromatic rings. The van der Waals surface area contributed by atoms with Gasteiger partial charge in [-0.3, -0.25) is 14.4 Å². The van der Waals surface area contributed by atoms with E-state index in [1.165, 1.54) is 13.8 Å². The molecular weight excluding hydrogens is 486 g/mol. The fourth-order valence-electron chi connectivity index (χ4n) is 4.00. The molecule has 0 spiro atoms. The number of hydrogen-bond donors (Lipinski definition) is 7. The van der Waals surface area contributed by atoms with Crippen molar-refractivity contribution in [2.45, 2.75) is 57.8 Å². The van der Waals surface area contributed by atoms with Gasteiger partial charge in [-0.1, -0.05) is 31.9 Å². The Balaban J connectivity index is 0.00000159. The van der Waals surface area contributed by atoms with Crippen LogP contribution in [0, 0.1) is 17.8 Å². The third-order valence-corrected chi connectivity index (χ3v) is 5.73. The highest BCUT2D eigenvalue weighted by atomic mass is 16.4. The molecule has 1 saturated heterocycles. The van der Waals surface area contributed by atoms with Crippen molar-refractivity contribution in [2.24, 2.45) is 16.9 Å². The van der Waals surface area contributed by atoms with Gasteiger partial charge in [-0.05, 0) is 24.6 Å². The summed E-state index contributed by atoms with van der Waals surface area (Å²) in [6, 6.07) is 4.29. The summed E-state index contributed by atoms with van der Waals surface area (Å²) >= 11 is 0. The number of nitrogens with zero attached hydrogens (tertiary/aromatic N) is 1. The maximum atomic E-state index is 13.3. The smallest absolute Gasteiger partial charge is 0.405 e. The van der Waals surface area contributed by atoms with Crippen LogP contribution < -0.4 is 22.1 Å². The lowest BCUT2D eigenvalue weighted by molar-refractivity contribution is -0.143.